The largest absolute Gasteiger partial charge is 0.360 e. The predicted molar refractivity (Wildman–Crippen MR) is 123 cm³/mol. The fourth-order valence-electron chi connectivity index (χ4n) is 3.40. The third-order valence-electron chi connectivity index (χ3n) is 5.08. The SMILES string of the molecule is CCCCNC(=O)c1c[nH]c2ccc(S(=O)(=O)N(CC)c3cccc(C)c3)cc2c1=O. The average Bonchev–Trinajstić information content (AvgIpc) is 2.74. The first-order chi connectivity index (χ1) is 14.8. The highest BCUT2D eigenvalue weighted by molar-refractivity contribution is 7.92. The van der Waals surface area contributed by atoms with Crippen molar-refractivity contribution < 1.29 is 13.2 Å². The maximum Gasteiger partial charge on any atom is 0.264 e. The Morgan fingerprint density at radius 2 is 1.90 bits per heavy atom. The monoisotopic (exact) mass is 441 g/mol. The van der Waals surface area contributed by atoms with Gasteiger partial charge >= 0.3 is 0 Å². The molecule has 0 saturated heterocycles. The molecule has 8 heteroatoms. The summed E-state index contributed by atoms with van der Waals surface area (Å²) in [6, 6.07) is 11.6. The van der Waals surface area contributed by atoms with Crippen molar-refractivity contribution in [3.8, 4) is 0 Å². The van der Waals surface area contributed by atoms with Crippen LogP contribution in [0.15, 0.2) is 58.4 Å². The van der Waals surface area contributed by atoms with Crippen LogP contribution in [-0.2, 0) is 10.0 Å². The van der Waals surface area contributed by atoms with Gasteiger partial charge in [0.1, 0.15) is 5.56 Å². The smallest absolute Gasteiger partial charge is 0.264 e. The number of benzene rings is 2. The molecule has 1 amide bonds. The number of carbonyl (C=O) groups is 1. The molecule has 3 rings (SSSR count). The third kappa shape index (κ3) is 4.64. The summed E-state index contributed by atoms with van der Waals surface area (Å²) in [5, 5.41) is 2.88. The number of carbonyl (C=O) groups excluding carboxylic acids is 1. The Balaban J connectivity index is 2.05. The summed E-state index contributed by atoms with van der Waals surface area (Å²) in [6.45, 7) is 6.37. The van der Waals surface area contributed by atoms with Crippen LogP contribution < -0.4 is 15.1 Å². The van der Waals surface area contributed by atoms with Crippen LogP contribution in [0.5, 0.6) is 0 Å². The molecule has 31 heavy (non-hydrogen) atoms. The van der Waals surface area contributed by atoms with Gasteiger partial charge in [-0.05, 0) is 56.2 Å². The number of nitrogens with one attached hydrogen (secondary N) is 2. The highest BCUT2D eigenvalue weighted by Gasteiger charge is 2.25. The second-order valence-electron chi connectivity index (χ2n) is 7.36. The van der Waals surface area contributed by atoms with Crippen molar-refractivity contribution >= 4 is 32.5 Å². The standard InChI is InChI=1S/C23H27N3O4S/c1-4-6-12-24-23(28)20-15-25-21-11-10-18(14-19(21)22(20)27)31(29,30)26(5-2)17-9-7-8-16(3)13-17/h7-11,13-15H,4-6,12H2,1-3H3,(H,24,28)(H,25,27). The summed E-state index contributed by atoms with van der Waals surface area (Å²) in [6.07, 6.45) is 3.10. The van der Waals surface area contributed by atoms with Crippen molar-refractivity contribution in [2.24, 2.45) is 0 Å². The second kappa shape index (κ2) is 9.34. The summed E-state index contributed by atoms with van der Waals surface area (Å²) in [7, 11) is -3.90. The molecule has 2 N–H and O–H groups in total. The summed E-state index contributed by atoms with van der Waals surface area (Å²) in [5.74, 6) is -0.472. The van der Waals surface area contributed by atoms with Crippen molar-refractivity contribution in [2.45, 2.75) is 38.5 Å². The molecular formula is C23H27N3O4S. The first-order valence-electron chi connectivity index (χ1n) is 10.3. The summed E-state index contributed by atoms with van der Waals surface area (Å²) in [5.41, 5.74) is 1.43. The Hall–Kier alpha value is -3.13. The van der Waals surface area contributed by atoms with Gasteiger partial charge in [0.05, 0.1) is 10.6 Å². The Morgan fingerprint density at radius 1 is 1.13 bits per heavy atom. The van der Waals surface area contributed by atoms with Crippen LogP contribution in [0.3, 0.4) is 0 Å². The predicted octanol–water partition coefficient (Wildman–Crippen LogP) is 3.58. The van der Waals surface area contributed by atoms with Gasteiger partial charge in [-0.2, -0.15) is 0 Å². The average molecular weight is 442 g/mol. The van der Waals surface area contributed by atoms with Crippen LogP contribution in [0.4, 0.5) is 5.69 Å². The lowest BCUT2D eigenvalue weighted by atomic mass is 10.1. The molecule has 0 bridgehead atoms. The molecule has 0 aliphatic rings. The first-order valence-corrected chi connectivity index (χ1v) is 11.8. The molecule has 0 saturated carbocycles. The number of amides is 1. The number of nitrogens with zero attached hydrogens (tertiary/aromatic N) is 1. The van der Waals surface area contributed by atoms with Gasteiger partial charge in [0, 0.05) is 30.2 Å². The topological polar surface area (TPSA) is 99.3 Å². The van der Waals surface area contributed by atoms with E-state index < -0.39 is 21.4 Å². The van der Waals surface area contributed by atoms with E-state index in [0.717, 1.165) is 18.4 Å². The van der Waals surface area contributed by atoms with E-state index in [2.05, 4.69) is 10.3 Å². The molecule has 0 spiro atoms. The van der Waals surface area contributed by atoms with E-state index in [-0.39, 0.29) is 22.4 Å². The number of pyridine rings is 1. The van der Waals surface area contributed by atoms with Crippen molar-refractivity contribution in [2.75, 3.05) is 17.4 Å². The molecule has 2 aromatic carbocycles. The zero-order valence-corrected chi connectivity index (χ0v) is 18.8. The second-order valence-corrected chi connectivity index (χ2v) is 9.22. The Labute approximate surface area is 182 Å². The molecule has 1 aromatic heterocycles. The fourth-order valence-corrected chi connectivity index (χ4v) is 4.89. The number of rotatable bonds is 8. The van der Waals surface area contributed by atoms with Crippen molar-refractivity contribution in [1.29, 1.82) is 0 Å². The minimum atomic E-state index is -3.90. The van der Waals surface area contributed by atoms with Gasteiger partial charge in [0.25, 0.3) is 15.9 Å². The number of anilines is 1. The Kier molecular flexibility index (Phi) is 6.80. The van der Waals surface area contributed by atoms with Crippen molar-refractivity contribution in [1.82, 2.24) is 10.3 Å². The van der Waals surface area contributed by atoms with E-state index in [1.165, 1.54) is 22.6 Å². The minimum Gasteiger partial charge on any atom is -0.360 e. The molecule has 164 valence electrons. The van der Waals surface area contributed by atoms with E-state index >= 15 is 0 Å². The van der Waals surface area contributed by atoms with Crippen LogP contribution in [-0.4, -0.2) is 32.4 Å². The summed E-state index contributed by atoms with van der Waals surface area (Å²) < 4.78 is 28.0. The zero-order valence-electron chi connectivity index (χ0n) is 17.9. The van der Waals surface area contributed by atoms with Crippen LogP contribution in [0, 0.1) is 6.92 Å². The highest BCUT2D eigenvalue weighted by Crippen LogP contribution is 2.25. The minimum absolute atomic E-state index is 0.00241. The molecule has 3 aromatic rings. The Bertz CT molecular complexity index is 1270. The van der Waals surface area contributed by atoms with Crippen LogP contribution in [0.1, 0.15) is 42.6 Å². The van der Waals surface area contributed by atoms with E-state index in [4.69, 9.17) is 0 Å². The lowest BCUT2D eigenvalue weighted by molar-refractivity contribution is 0.0952. The lowest BCUT2D eigenvalue weighted by Gasteiger charge is -2.23. The van der Waals surface area contributed by atoms with Gasteiger partial charge in [-0.25, -0.2) is 8.42 Å². The first kappa shape index (κ1) is 22.6. The zero-order chi connectivity index (χ0) is 22.6. The van der Waals surface area contributed by atoms with Crippen LogP contribution in [0.25, 0.3) is 10.9 Å². The number of unbranched alkanes of at least 4 members (excludes halogenated alkanes) is 1. The number of aromatic amines is 1. The molecule has 0 fully saturated rings. The van der Waals surface area contributed by atoms with Crippen LogP contribution >= 0.6 is 0 Å². The Morgan fingerprint density at radius 3 is 2.58 bits per heavy atom. The maximum absolute atomic E-state index is 13.4. The molecule has 0 radical (unpaired) electrons. The number of H-pyrrole nitrogens is 1. The number of sulfonamides is 1. The van der Waals surface area contributed by atoms with Gasteiger partial charge < -0.3 is 10.3 Å². The van der Waals surface area contributed by atoms with Crippen molar-refractivity contribution in [3.63, 3.8) is 0 Å². The lowest BCUT2D eigenvalue weighted by Crippen LogP contribution is -2.31. The highest BCUT2D eigenvalue weighted by atomic mass is 32.2. The normalized spacial score (nSPS) is 11.5. The van der Waals surface area contributed by atoms with Crippen LogP contribution in [0.2, 0.25) is 0 Å². The number of hydrogen-bond donors (Lipinski definition) is 2. The van der Waals surface area contributed by atoms with Crippen molar-refractivity contribution in [3.05, 3.63) is 70.0 Å². The quantitative estimate of drug-likeness (QED) is 0.522. The van der Waals surface area contributed by atoms with Gasteiger partial charge in [-0.3, -0.25) is 13.9 Å². The number of hydrogen-bond acceptors (Lipinski definition) is 4. The number of aryl methyl sites for hydroxylation is 1. The van der Waals surface area contributed by atoms with E-state index in [1.807, 2.05) is 19.9 Å². The van der Waals surface area contributed by atoms with Gasteiger partial charge in [0.2, 0.25) is 5.43 Å². The van der Waals surface area contributed by atoms with Gasteiger partial charge in [-0.1, -0.05) is 25.5 Å². The number of aromatic nitrogens is 1. The number of fused-ring (bicyclic) bond motifs is 1. The molecule has 0 unspecified atom stereocenters. The van der Waals surface area contributed by atoms with Gasteiger partial charge in [0.15, 0.2) is 0 Å². The summed E-state index contributed by atoms with van der Waals surface area (Å²) in [4.78, 5) is 28.2. The molecule has 7 nitrogen and oxygen atoms in total. The molecule has 0 aliphatic carbocycles. The summed E-state index contributed by atoms with van der Waals surface area (Å²) >= 11 is 0. The molecular weight excluding hydrogens is 414 g/mol. The maximum atomic E-state index is 13.4. The fraction of sp³-hybridized carbons (Fsp3) is 0.304. The van der Waals surface area contributed by atoms with Gasteiger partial charge in [-0.15, -0.1) is 0 Å². The molecule has 1 heterocycles. The molecule has 0 aliphatic heterocycles. The van der Waals surface area contributed by atoms with E-state index in [0.29, 0.717) is 17.7 Å². The van der Waals surface area contributed by atoms with E-state index in [1.54, 1.807) is 31.2 Å². The molecule has 0 atom stereocenters. The third-order valence-corrected chi connectivity index (χ3v) is 6.98. The van der Waals surface area contributed by atoms with E-state index in [9.17, 15) is 18.0 Å².